The number of aliphatic hydroxyl groups is 1. The van der Waals surface area contributed by atoms with Crippen molar-refractivity contribution in [1.82, 2.24) is 13.9 Å². The predicted octanol–water partition coefficient (Wildman–Crippen LogP) is 3.76. The first kappa shape index (κ1) is 30.0. The summed E-state index contributed by atoms with van der Waals surface area (Å²) in [6.07, 6.45) is 3.35. The molecule has 11 heteroatoms. The van der Waals surface area contributed by atoms with E-state index < -0.39 is 21.5 Å². The Morgan fingerprint density at radius 1 is 1.21 bits per heavy atom. The monoisotopic (exact) mass is 532 g/mol. The molecule has 0 saturated carbocycles. The Morgan fingerprint density at radius 2 is 1.82 bits per heavy atom. The largest absolute Gasteiger partial charge is 0.384 e. The van der Waals surface area contributed by atoms with Gasteiger partial charge in [-0.2, -0.15) is 0 Å². The summed E-state index contributed by atoms with van der Waals surface area (Å²) in [5.41, 5.74) is 7.70. The van der Waals surface area contributed by atoms with E-state index in [2.05, 4.69) is 4.98 Å². The minimum absolute atomic E-state index is 0. The number of hydrogen-bond acceptors (Lipinski definition) is 5. The van der Waals surface area contributed by atoms with E-state index in [0.717, 1.165) is 15.4 Å². The Balaban J connectivity index is 0.00000289. The number of halogens is 3. The fourth-order valence-electron chi connectivity index (χ4n) is 3.81. The lowest BCUT2D eigenvalue weighted by Crippen LogP contribution is -2.23. The molecule has 0 amide bonds. The Hall–Kier alpha value is -2.01. The van der Waals surface area contributed by atoms with Crippen LogP contribution in [0.2, 0.25) is 0 Å². The van der Waals surface area contributed by atoms with Crippen molar-refractivity contribution in [2.24, 2.45) is 5.73 Å². The number of hydrogen-bond donors (Lipinski definition) is 2. The average Bonchev–Trinajstić information content (AvgIpc) is 3.02. The van der Waals surface area contributed by atoms with Crippen LogP contribution in [0.15, 0.2) is 59.4 Å². The van der Waals surface area contributed by atoms with Gasteiger partial charge in [0.2, 0.25) is 10.0 Å². The number of fused-ring (bicyclic) bond motifs is 1. The lowest BCUT2D eigenvalue weighted by Gasteiger charge is -2.23. The summed E-state index contributed by atoms with van der Waals surface area (Å²) in [5.74, 6) is -0.399. The molecule has 7 nitrogen and oxygen atoms in total. The van der Waals surface area contributed by atoms with Crippen LogP contribution in [0, 0.1) is 0 Å². The SMILES string of the molecule is CN(C)S(=O)(=O)c1ccc(Cc2c(C(C)(C)O)n(CC(F)=CCN)c3cccnc23)cc1.Cl.Cl. The molecule has 0 spiro atoms. The molecular weight excluding hydrogens is 502 g/mol. The highest BCUT2D eigenvalue weighted by atomic mass is 35.5. The number of nitrogens with two attached hydrogens (primary N) is 1. The second-order valence-corrected chi connectivity index (χ2v) is 10.5. The number of sulfonamides is 1. The van der Waals surface area contributed by atoms with Gasteiger partial charge in [0.15, 0.2) is 0 Å². The number of rotatable bonds is 8. The fraction of sp³-hybridized carbons (Fsp3) is 0.348. The fourth-order valence-corrected chi connectivity index (χ4v) is 4.71. The van der Waals surface area contributed by atoms with Crippen LogP contribution in [0.1, 0.15) is 30.7 Å². The van der Waals surface area contributed by atoms with E-state index in [-0.39, 0.29) is 42.8 Å². The van der Waals surface area contributed by atoms with Crippen LogP contribution < -0.4 is 5.73 Å². The molecule has 0 unspecified atom stereocenters. The van der Waals surface area contributed by atoms with Crippen LogP contribution >= 0.6 is 24.8 Å². The molecule has 2 heterocycles. The molecule has 0 aliphatic carbocycles. The van der Waals surface area contributed by atoms with Crippen LogP contribution in [0.5, 0.6) is 0 Å². The molecule has 0 aliphatic rings. The Bertz CT molecular complexity index is 1250. The van der Waals surface area contributed by atoms with E-state index in [1.807, 2.05) is 6.07 Å². The van der Waals surface area contributed by atoms with E-state index in [4.69, 9.17) is 5.73 Å². The summed E-state index contributed by atoms with van der Waals surface area (Å²) in [6, 6.07) is 10.2. The third-order valence-electron chi connectivity index (χ3n) is 5.23. The molecule has 0 bridgehead atoms. The highest BCUT2D eigenvalue weighted by Gasteiger charge is 2.29. The van der Waals surface area contributed by atoms with Gasteiger partial charge in [0.25, 0.3) is 0 Å². The molecule has 34 heavy (non-hydrogen) atoms. The highest BCUT2D eigenvalue weighted by Crippen LogP contribution is 2.35. The minimum Gasteiger partial charge on any atom is -0.384 e. The normalized spacial score (nSPS) is 12.5. The van der Waals surface area contributed by atoms with Gasteiger partial charge in [-0.3, -0.25) is 4.98 Å². The predicted molar refractivity (Wildman–Crippen MR) is 138 cm³/mol. The van der Waals surface area contributed by atoms with Gasteiger partial charge in [-0.05, 0) is 49.8 Å². The number of benzene rings is 1. The molecule has 0 radical (unpaired) electrons. The van der Waals surface area contributed by atoms with Crippen LogP contribution in [-0.4, -0.2) is 48.0 Å². The second kappa shape index (κ2) is 11.6. The van der Waals surface area contributed by atoms with Crippen LogP contribution in [0.25, 0.3) is 11.0 Å². The van der Waals surface area contributed by atoms with Gasteiger partial charge in [-0.1, -0.05) is 12.1 Å². The summed E-state index contributed by atoms with van der Waals surface area (Å²) in [4.78, 5) is 4.70. The van der Waals surface area contributed by atoms with E-state index in [1.54, 1.807) is 54.9 Å². The van der Waals surface area contributed by atoms with Crippen molar-refractivity contribution in [3.05, 3.63) is 71.3 Å². The lowest BCUT2D eigenvalue weighted by atomic mass is 9.96. The van der Waals surface area contributed by atoms with Gasteiger partial charge in [0.05, 0.1) is 33.8 Å². The maximum Gasteiger partial charge on any atom is 0.242 e. The number of pyridine rings is 1. The lowest BCUT2D eigenvalue weighted by molar-refractivity contribution is 0.0694. The molecule has 2 aromatic heterocycles. The molecule has 0 atom stereocenters. The van der Waals surface area contributed by atoms with Crippen molar-refractivity contribution in [3.8, 4) is 0 Å². The van der Waals surface area contributed by atoms with E-state index in [1.165, 1.54) is 20.2 Å². The number of nitrogens with zero attached hydrogens (tertiary/aromatic N) is 3. The van der Waals surface area contributed by atoms with Crippen molar-refractivity contribution < 1.29 is 17.9 Å². The molecular formula is C23H31Cl2FN4O3S. The van der Waals surface area contributed by atoms with Gasteiger partial charge in [-0.15, -0.1) is 24.8 Å². The number of allylic oxidation sites excluding steroid dienone is 1. The van der Waals surface area contributed by atoms with E-state index in [9.17, 15) is 17.9 Å². The smallest absolute Gasteiger partial charge is 0.242 e. The number of aromatic nitrogens is 2. The summed E-state index contributed by atoms with van der Waals surface area (Å²) in [5, 5.41) is 11.0. The zero-order valence-corrected chi connectivity index (χ0v) is 22.0. The Kier molecular flexibility index (Phi) is 10.3. The Morgan fingerprint density at radius 3 is 2.35 bits per heavy atom. The van der Waals surface area contributed by atoms with Gasteiger partial charge < -0.3 is 15.4 Å². The van der Waals surface area contributed by atoms with Crippen LogP contribution in [0.3, 0.4) is 0 Å². The molecule has 1 aromatic carbocycles. The maximum atomic E-state index is 14.4. The molecule has 3 rings (SSSR count). The minimum atomic E-state index is -3.53. The molecule has 0 fully saturated rings. The van der Waals surface area contributed by atoms with Gasteiger partial charge >= 0.3 is 0 Å². The summed E-state index contributed by atoms with van der Waals surface area (Å²) >= 11 is 0. The van der Waals surface area contributed by atoms with Crippen molar-refractivity contribution in [2.75, 3.05) is 20.6 Å². The average molecular weight is 533 g/mol. The van der Waals surface area contributed by atoms with Crippen molar-refractivity contribution in [3.63, 3.8) is 0 Å². The van der Waals surface area contributed by atoms with Crippen LogP contribution in [0.4, 0.5) is 4.39 Å². The molecule has 0 saturated heterocycles. The third kappa shape index (κ3) is 6.16. The van der Waals surface area contributed by atoms with Crippen molar-refractivity contribution in [2.45, 2.75) is 37.3 Å². The zero-order valence-electron chi connectivity index (χ0n) is 19.5. The third-order valence-corrected chi connectivity index (χ3v) is 7.06. The Labute approximate surface area is 212 Å². The van der Waals surface area contributed by atoms with E-state index in [0.29, 0.717) is 23.1 Å². The molecule has 3 aromatic rings. The molecule has 0 aliphatic heterocycles. The first-order chi connectivity index (χ1) is 15.0. The topological polar surface area (TPSA) is 101 Å². The first-order valence-electron chi connectivity index (χ1n) is 10.2. The van der Waals surface area contributed by atoms with Gasteiger partial charge in [0, 0.05) is 38.8 Å². The van der Waals surface area contributed by atoms with Crippen LogP contribution in [-0.2, 0) is 28.6 Å². The van der Waals surface area contributed by atoms with Crippen molar-refractivity contribution >= 4 is 45.9 Å². The molecule has 188 valence electrons. The standard InChI is InChI=1S/C23H29FN4O3S.2ClH/c1-23(2,29)22-19(14-16-7-9-18(10-8-16)32(30,31)27(3)4)21-20(6-5-13-26-21)28(22)15-17(24)11-12-25;;/h5-11,13,29H,12,14-15,25H2,1-4H3;2*1H. The van der Waals surface area contributed by atoms with E-state index >= 15 is 0 Å². The van der Waals surface area contributed by atoms with Gasteiger partial charge in [-0.25, -0.2) is 17.1 Å². The summed E-state index contributed by atoms with van der Waals surface area (Å²) in [6.45, 7) is 3.31. The maximum absolute atomic E-state index is 14.4. The first-order valence-corrected chi connectivity index (χ1v) is 11.7. The zero-order chi connectivity index (χ0) is 23.7. The highest BCUT2D eigenvalue weighted by molar-refractivity contribution is 7.89. The summed E-state index contributed by atoms with van der Waals surface area (Å²) in [7, 11) is -0.561. The van der Waals surface area contributed by atoms with Crippen molar-refractivity contribution in [1.29, 1.82) is 0 Å². The summed E-state index contributed by atoms with van der Waals surface area (Å²) < 4.78 is 42.0. The second-order valence-electron chi connectivity index (χ2n) is 8.34. The molecule has 3 N–H and O–H groups in total. The van der Waals surface area contributed by atoms with Gasteiger partial charge in [0.1, 0.15) is 5.83 Å². The quantitative estimate of drug-likeness (QED) is 0.459.